The second-order valence-corrected chi connectivity index (χ2v) is 8.25. The van der Waals surface area contributed by atoms with Gasteiger partial charge in [-0.15, -0.1) is 11.3 Å². The topological polar surface area (TPSA) is 34.6 Å². The van der Waals surface area contributed by atoms with Crippen LogP contribution in [0.25, 0.3) is 5.69 Å². The van der Waals surface area contributed by atoms with Gasteiger partial charge in [0.15, 0.2) is 11.4 Å². The summed E-state index contributed by atoms with van der Waals surface area (Å²) in [6.45, 7) is 6.38. The SMILES string of the molecule is Cc1cccc(-n2ccn(C[NH+]3CCN(C(=O)c4cccs4)CC3)c2=S)c1. The molecule has 0 atom stereocenters. The zero-order valence-corrected chi connectivity index (χ0v) is 16.9. The Morgan fingerprint density at radius 1 is 1.19 bits per heavy atom. The van der Waals surface area contributed by atoms with Gasteiger partial charge in [-0.05, 0) is 48.3 Å². The minimum atomic E-state index is 0.159. The normalized spacial score (nSPS) is 15.2. The van der Waals surface area contributed by atoms with Crippen LogP contribution in [0.2, 0.25) is 0 Å². The monoisotopic (exact) mass is 399 g/mol. The highest BCUT2D eigenvalue weighted by molar-refractivity contribution is 7.71. The van der Waals surface area contributed by atoms with E-state index in [1.54, 1.807) is 0 Å². The van der Waals surface area contributed by atoms with E-state index in [9.17, 15) is 4.79 Å². The average molecular weight is 400 g/mol. The third kappa shape index (κ3) is 3.90. The highest BCUT2D eigenvalue weighted by Crippen LogP contribution is 2.13. The van der Waals surface area contributed by atoms with Crippen LogP contribution in [-0.4, -0.2) is 46.1 Å². The summed E-state index contributed by atoms with van der Waals surface area (Å²) in [6.07, 6.45) is 4.09. The molecule has 3 heterocycles. The van der Waals surface area contributed by atoms with Crippen molar-refractivity contribution in [1.29, 1.82) is 0 Å². The number of rotatable bonds is 4. The van der Waals surface area contributed by atoms with E-state index in [0.29, 0.717) is 0 Å². The molecule has 0 bridgehead atoms. The fourth-order valence-electron chi connectivity index (χ4n) is 3.49. The van der Waals surface area contributed by atoms with E-state index in [0.717, 1.165) is 48.2 Å². The summed E-state index contributed by atoms with van der Waals surface area (Å²) in [5, 5.41) is 1.95. The first-order valence-electron chi connectivity index (χ1n) is 9.13. The number of nitrogens with zero attached hydrogens (tertiary/aromatic N) is 3. The maximum atomic E-state index is 12.5. The van der Waals surface area contributed by atoms with E-state index >= 15 is 0 Å². The molecule has 0 radical (unpaired) electrons. The van der Waals surface area contributed by atoms with Crippen LogP contribution in [0.15, 0.2) is 54.2 Å². The standard InChI is InChI=1S/C20H22N4OS2/c1-16-4-2-5-17(14-16)24-12-11-23(20(24)26)15-21-7-9-22(10-8-21)19(25)18-6-3-13-27-18/h2-6,11-14H,7-10,15H2,1H3/p+1. The zero-order valence-electron chi connectivity index (χ0n) is 15.3. The third-order valence-electron chi connectivity index (χ3n) is 5.01. The summed E-state index contributed by atoms with van der Waals surface area (Å²) in [5.41, 5.74) is 2.32. The van der Waals surface area contributed by atoms with E-state index in [2.05, 4.69) is 46.5 Å². The molecule has 5 nitrogen and oxygen atoms in total. The molecule has 0 spiro atoms. The summed E-state index contributed by atoms with van der Waals surface area (Å²) in [4.78, 5) is 16.7. The minimum absolute atomic E-state index is 0.159. The number of amides is 1. The number of aromatic nitrogens is 2. The molecule has 3 aromatic rings. The Hall–Kier alpha value is -2.22. The molecule has 7 heteroatoms. The number of aryl methyl sites for hydroxylation is 1. The molecule has 0 aliphatic carbocycles. The van der Waals surface area contributed by atoms with Crippen LogP contribution < -0.4 is 4.90 Å². The number of hydrogen-bond donors (Lipinski definition) is 1. The van der Waals surface area contributed by atoms with Gasteiger partial charge in [-0.2, -0.15) is 0 Å². The number of piperazine rings is 1. The van der Waals surface area contributed by atoms with Gasteiger partial charge in [0.1, 0.15) is 0 Å². The predicted molar refractivity (Wildman–Crippen MR) is 110 cm³/mol. The second kappa shape index (κ2) is 7.80. The Bertz CT molecular complexity index is 982. The van der Waals surface area contributed by atoms with Crippen LogP contribution in [0.4, 0.5) is 0 Å². The molecular weight excluding hydrogens is 376 g/mol. The molecular formula is C20H23N4OS2+. The van der Waals surface area contributed by atoms with Crippen molar-refractivity contribution >= 4 is 29.5 Å². The van der Waals surface area contributed by atoms with Crippen molar-refractivity contribution in [2.24, 2.45) is 0 Å². The Balaban J connectivity index is 1.40. The lowest BCUT2D eigenvalue weighted by molar-refractivity contribution is -0.926. The number of carbonyl (C=O) groups excluding carboxylic acids is 1. The van der Waals surface area contributed by atoms with Gasteiger partial charge in [0.2, 0.25) is 0 Å². The summed E-state index contributed by atoms with van der Waals surface area (Å²) in [5.74, 6) is 0.159. The second-order valence-electron chi connectivity index (χ2n) is 6.94. The minimum Gasteiger partial charge on any atom is -0.327 e. The van der Waals surface area contributed by atoms with Crippen LogP contribution in [-0.2, 0) is 6.67 Å². The third-order valence-corrected chi connectivity index (χ3v) is 6.30. The Kier molecular flexibility index (Phi) is 5.24. The van der Waals surface area contributed by atoms with Crippen molar-refractivity contribution in [3.63, 3.8) is 0 Å². The number of imidazole rings is 1. The summed E-state index contributed by atoms with van der Waals surface area (Å²) >= 11 is 7.20. The average Bonchev–Trinajstić information content (AvgIpc) is 3.33. The molecule has 4 rings (SSSR count). The van der Waals surface area contributed by atoms with Crippen molar-refractivity contribution in [1.82, 2.24) is 14.0 Å². The van der Waals surface area contributed by atoms with E-state index in [-0.39, 0.29) is 5.91 Å². The van der Waals surface area contributed by atoms with Gasteiger partial charge in [0.05, 0.1) is 31.1 Å². The molecule has 1 aromatic carbocycles. The lowest BCUT2D eigenvalue weighted by atomic mass is 10.2. The highest BCUT2D eigenvalue weighted by Gasteiger charge is 2.25. The summed E-state index contributed by atoms with van der Waals surface area (Å²) in [7, 11) is 0. The Morgan fingerprint density at radius 3 is 2.70 bits per heavy atom. The fourth-order valence-corrected chi connectivity index (χ4v) is 4.47. The lowest BCUT2D eigenvalue weighted by Gasteiger charge is -2.32. The number of thiophene rings is 1. The van der Waals surface area contributed by atoms with Crippen LogP contribution >= 0.6 is 23.6 Å². The van der Waals surface area contributed by atoms with Crippen LogP contribution in [0.3, 0.4) is 0 Å². The Morgan fingerprint density at radius 2 is 2.00 bits per heavy atom. The molecule has 0 unspecified atom stereocenters. The molecule has 140 valence electrons. The maximum absolute atomic E-state index is 12.5. The van der Waals surface area contributed by atoms with E-state index in [1.165, 1.54) is 21.8 Å². The van der Waals surface area contributed by atoms with Crippen LogP contribution in [0.5, 0.6) is 0 Å². The largest absolute Gasteiger partial charge is 0.327 e. The van der Waals surface area contributed by atoms with Gasteiger partial charge in [-0.3, -0.25) is 13.9 Å². The van der Waals surface area contributed by atoms with Crippen molar-refractivity contribution in [2.45, 2.75) is 13.6 Å². The molecule has 1 saturated heterocycles. The highest BCUT2D eigenvalue weighted by atomic mass is 32.1. The first-order chi connectivity index (χ1) is 13.1. The van der Waals surface area contributed by atoms with Crippen LogP contribution in [0.1, 0.15) is 15.2 Å². The molecule has 1 aliphatic heterocycles. The molecule has 1 amide bonds. The molecule has 1 aliphatic rings. The summed E-state index contributed by atoms with van der Waals surface area (Å²) in [6, 6.07) is 12.2. The van der Waals surface area contributed by atoms with E-state index < -0.39 is 0 Å². The van der Waals surface area contributed by atoms with Crippen molar-refractivity contribution in [2.75, 3.05) is 26.2 Å². The van der Waals surface area contributed by atoms with Gasteiger partial charge < -0.3 is 9.80 Å². The van der Waals surface area contributed by atoms with Crippen molar-refractivity contribution in [3.8, 4) is 5.69 Å². The zero-order chi connectivity index (χ0) is 18.8. The van der Waals surface area contributed by atoms with Gasteiger partial charge in [0.25, 0.3) is 5.91 Å². The molecule has 27 heavy (non-hydrogen) atoms. The molecule has 0 saturated carbocycles. The van der Waals surface area contributed by atoms with Gasteiger partial charge >= 0.3 is 0 Å². The van der Waals surface area contributed by atoms with Crippen LogP contribution in [0, 0.1) is 11.7 Å². The number of carbonyl (C=O) groups is 1. The molecule has 1 fully saturated rings. The first-order valence-corrected chi connectivity index (χ1v) is 10.4. The van der Waals surface area contributed by atoms with Gasteiger partial charge in [0, 0.05) is 18.1 Å². The van der Waals surface area contributed by atoms with Gasteiger partial charge in [-0.1, -0.05) is 18.2 Å². The number of hydrogen-bond acceptors (Lipinski definition) is 3. The Labute approximate surface area is 168 Å². The van der Waals surface area contributed by atoms with Crippen molar-refractivity contribution in [3.05, 3.63) is 69.4 Å². The maximum Gasteiger partial charge on any atom is 0.264 e. The molecule has 1 N–H and O–H groups in total. The first kappa shape index (κ1) is 18.2. The van der Waals surface area contributed by atoms with Gasteiger partial charge in [-0.25, -0.2) is 0 Å². The van der Waals surface area contributed by atoms with E-state index in [4.69, 9.17) is 12.2 Å². The molecule has 2 aromatic heterocycles. The number of benzene rings is 1. The predicted octanol–water partition coefficient (Wildman–Crippen LogP) is 2.38. The quantitative estimate of drug-likeness (QED) is 0.684. The number of quaternary nitrogens is 1. The van der Waals surface area contributed by atoms with E-state index in [1.807, 2.05) is 28.6 Å². The fraction of sp³-hybridized carbons (Fsp3) is 0.300. The smallest absolute Gasteiger partial charge is 0.264 e. The lowest BCUT2D eigenvalue weighted by Crippen LogP contribution is -3.14. The van der Waals surface area contributed by atoms with Crippen molar-refractivity contribution < 1.29 is 9.69 Å². The summed E-state index contributed by atoms with van der Waals surface area (Å²) < 4.78 is 4.99. The number of nitrogens with one attached hydrogen (secondary N) is 1.